The lowest BCUT2D eigenvalue weighted by atomic mass is 10.1. The van der Waals surface area contributed by atoms with Crippen molar-refractivity contribution in [2.24, 2.45) is 0 Å². The van der Waals surface area contributed by atoms with Crippen LogP contribution >= 0.6 is 0 Å². The molecule has 8 heteroatoms. The smallest absolute Gasteiger partial charge is 0.262 e. The zero-order valence-electron chi connectivity index (χ0n) is 13.9. The minimum Gasteiger partial charge on any atom is -0.378 e. The summed E-state index contributed by atoms with van der Waals surface area (Å²) >= 11 is 0. The van der Waals surface area contributed by atoms with Crippen LogP contribution in [0.5, 0.6) is 0 Å². The quantitative estimate of drug-likeness (QED) is 0.752. The minimum absolute atomic E-state index is 0.209. The fourth-order valence-corrected chi connectivity index (χ4v) is 2.93. The lowest BCUT2D eigenvalue weighted by Crippen LogP contribution is -2.52. The fraction of sp³-hybridized carbons (Fsp3) is 0.412. The highest BCUT2D eigenvalue weighted by molar-refractivity contribution is 6.22. The van der Waals surface area contributed by atoms with Crippen molar-refractivity contribution in [3.63, 3.8) is 0 Å². The SMILES string of the molecule is C[C@H](NC(=O)CN1C(=O)c2ccccc2C1=O)C(=O)N1CCOCC1. The van der Waals surface area contributed by atoms with Gasteiger partial charge in [0, 0.05) is 13.1 Å². The second-order valence-electron chi connectivity index (χ2n) is 5.97. The van der Waals surface area contributed by atoms with E-state index >= 15 is 0 Å². The zero-order valence-corrected chi connectivity index (χ0v) is 13.9. The molecule has 0 unspecified atom stereocenters. The van der Waals surface area contributed by atoms with E-state index < -0.39 is 30.3 Å². The van der Waals surface area contributed by atoms with Gasteiger partial charge in [-0.25, -0.2) is 0 Å². The average molecular weight is 345 g/mol. The molecule has 8 nitrogen and oxygen atoms in total. The van der Waals surface area contributed by atoms with Crippen molar-refractivity contribution in [3.8, 4) is 0 Å². The summed E-state index contributed by atoms with van der Waals surface area (Å²) < 4.78 is 5.19. The first-order valence-electron chi connectivity index (χ1n) is 8.10. The maximum atomic E-state index is 12.3. The first-order chi connectivity index (χ1) is 12.0. The van der Waals surface area contributed by atoms with Crippen LogP contribution in [0.1, 0.15) is 27.6 Å². The molecular weight excluding hydrogens is 326 g/mol. The van der Waals surface area contributed by atoms with Crippen molar-refractivity contribution >= 4 is 23.6 Å². The van der Waals surface area contributed by atoms with E-state index in [-0.39, 0.29) is 17.0 Å². The van der Waals surface area contributed by atoms with Crippen LogP contribution in [0, 0.1) is 0 Å². The van der Waals surface area contributed by atoms with E-state index in [1.165, 1.54) is 0 Å². The molecule has 1 fully saturated rings. The molecular formula is C17H19N3O5. The summed E-state index contributed by atoms with van der Waals surface area (Å²) in [6.07, 6.45) is 0. The van der Waals surface area contributed by atoms with Gasteiger partial charge < -0.3 is 15.0 Å². The van der Waals surface area contributed by atoms with E-state index in [1.54, 1.807) is 36.1 Å². The molecule has 0 spiro atoms. The van der Waals surface area contributed by atoms with Gasteiger partial charge in [0.25, 0.3) is 11.8 Å². The molecule has 2 aliphatic rings. The fourth-order valence-electron chi connectivity index (χ4n) is 2.93. The van der Waals surface area contributed by atoms with E-state index in [0.29, 0.717) is 26.3 Å². The Hall–Kier alpha value is -2.74. The van der Waals surface area contributed by atoms with Crippen molar-refractivity contribution in [3.05, 3.63) is 35.4 Å². The topological polar surface area (TPSA) is 96.0 Å². The lowest BCUT2D eigenvalue weighted by molar-refractivity contribution is -0.139. The molecule has 1 aromatic rings. The van der Waals surface area contributed by atoms with Gasteiger partial charge in [-0.3, -0.25) is 24.1 Å². The number of imide groups is 1. The minimum atomic E-state index is -0.735. The molecule has 0 aliphatic carbocycles. The van der Waals surface area contributed by atoms with Crippen molar-refractivity contribution in [2.75, 3.05) is 32.8 Å². The van der Waals surface area contributed by atoms with Crippen molar-refractivity contribution in [2.45, 2.75) is 13.0 Å². The van der Waals surface area contributed by atoms with E-state index in [0.717, 1.165) is 4.90 Å². The molecule has 0 bridgehead atoms. The Morgan fingerprint density at radius 1 is 1.12 bits per heavy atom. The third kappa shape index (κ3) is 3.39. The van der Waals surface area contributed by atoms with Gasteiger partial charge in [-0.1, -0.05) is 12.1 Å². The molecule has 0 aromatic heterocycles. The summed E-state index contributed by atoms with van der Waals surface area (Å²) in [5, 5.41) is 2.55. The predicted octanol–water partition coefficient (Wildman–Crippen LogP) is -0.354. The van der Waals surface area contributed by atoms with Gasteiger partial charge in [0.15, 0.2) is 0 Å². The maximum Gasteiger partial charge on any atom is 0.262 e. The molecule has 3 rings (SSSR count). The number of rotatable bonds is 4. The zero-order chi connectivity index (χ0) is 18.0. The molecule has 25 heavy (non-hydrogen) atoms. The van der Waals surface area contributed by atoms with Crippen molar-refractivity contribution < 1.29 is 23.9 Å². The summed E-state index contributed by atoms with van der Waals surface area (Å²) in [5.74, 6) is -1.76. The molecule has 1 saturated heterocycles. The Morgan fingerprint density at radius 3 is 2.24 bits per heavy atom. The normalized spacial score (nSPS) is 18.1. The third-order valence-electron chi connectivity index (χ3n) is 4.25. The number of carbonyl (C=O) groups is 4. The molecule has 132 valence electrons. The standard InChI is InChI=1S/C17H19N3O5/c1-11(15(22)19-6-8-25-9-7-19)18-14(21)10-20-16(23)12-4-2-3-5-13(12)17(20)24/h2-5,11H,6-10H2,1H3,(H,18,21)/t11-/m0/s1. The third-order valence-corrected chi connectivity index (χ3v) is 4.25. The highest BCUT2D eigenvalue weighted by Crippen LogP contribution is 2.21. The lowest BCUT2D eigenvalue weighted by Gasteiger charge is -2.29. The second-order valence-corrected chi connectivity index (χ2v) is 5.97. The van der Waals surface area contributed by atoms with E-state index in [1.807, 2.05) is 0 Å². The number of nitrogens with zero attached hydrogens (tertiary/aromatic N) is 2. The second kappa shape index (κ2) is 7.02. The Bertz CT molecular complexity index is 692. The summed E-state index contributed by atoms with van der Waals surface area (Å²) in [5.41, 5.74) is 0.579. The van der Waals surface area contributed by atoms with Gasteiger partial charge in [0.05, 0.1) is 24.3 Å². The molecule has 0 saturated carbocycles. The van der Waals surface area contributed by atoms with E-state index in [9.17, 15) is 19.2 Å². The summed E-state index contributed by atoms with van der Waals surface area (Å²) in [4.78, 5) is 51.5. The van der Waals surface area contributed by atoms with Gasteiger partial charge in [-0.2, -0.15) is 0 Å². The number of hydrogen-bond donors (Lipinski definition) is 1. The number of morpholine rings is 1. The number of fused-ring (bicyclic) bond motifs is 1. The number of hydrogen-bond acceptors (Lipinski definition) is 5. The van der Waals surface area contributed by atoms with Gasteiger partial charge in [0.2, 0.25) is 11.8 Å². The monoisotopic (exact) mass is 345 g/mol. The van der Waals surface area contributed by atoms with Crippen LogP contribution < -0.4 is 5.32 Å². The Morgan fingerprint density at radius 2 is 1.68 bits per heavy atom. The Kier molecular flexibility index (Phi) is 4.80. The first kappa shape index (κ1) is 17.1. The Balaban J connectivity index is 1.59. The van der Waals surface area contributed by atoms with Gasteiger partial charge in [-0.15, -0.1) is 0 Å². The van der Waals surface area contributed by atoms with Crippen LogP contribution in [0.25, 0.3) is 0 Å². The molecule has 1 N–H and O–H groups in total. The van der Waals surface area contributed by atoms with Gasteiger partial charge in [0.1, 0.15) is 12.6 Å². The highest BCUT2D eigenvalue weighted by Gasteiger charge is 2.36. The molecule has 1 atom stereocenters. The van der Waals surface area contributed by atoms with Crippen LogP contribution in [0.2, 0.25) is 0 Å². The summed E-state index contributed by atoms with van der Waals surface area (Å²) in [6, 6.07) is 5.70. The number of benzene rings is 1. The predicted molar refractivity (Wildman–Crippen MR) is 86.8 cm³/mol. The first-order valence-corrected chi connectivity index (χ1v) is 8.10. The van der Waals surface area contributed by atoms with Crippen molar-refractivity contribution in [1.29, 1.82) is 0 Å². The number of nitrogens with one attached hydrogen (secondary N) is 1. The molecule has 0 radical (unpaired) electrons. The van der Waals surface area contributed by atoms with E-state index in [2.05, 4.69) is 5.32 Å². The highest BCUT2D eigenvalue weighted by atomic mass is 16.5. The van der Waals surface area contributed by atoms with E-state index in [4.69, 9.17) is 4.74 Å². The Labute approximate surface area is 144 Å². The largest absolute Gasteiger partial charge is 0.378 e. The number of carbonyl (C=O) groups excluding carboxylic acids is 4. The van der Waals surface area contributed by atoms with Gasteiger partial charge in [-0.05, 0) is 19.1 Å². The maximum absolute atomic E-state index is 12.3. The summed E-state index contributed by atoms with van der Waals surface area (Å²) in [7, 11) is 0. The van der Waals surface area contributed by atoms with Crippen LogP contribution in [-0.4, -0.2) is 72.3 Å². The van der Waals surface area contributed by atoms with Crippen LogP contribution in [-0.2, 0) is 14.3 Å². The van der Waals surface area contributed by atoms with Crippen LogP contribution in [0.15, 0.2) is 24.3 Å². The number of ether oxygens (including phenoxy) is 1. The van der Waals surface area contributed by atoms with Crippen molar-refractivity contribution in [1.82, 2.24) is 15.1 Å². The molecule has 1 aromatic carbocycles. The number of amides is 4. The van der Waals surface area contributed by atoms with Crippen LogP contribution in [0.4, 0.5) is 0 Å². The molecule has 2 aliphatic heterocycles. The average Bonchev–Trinajstić information content (AvgIpc) is 2.87. The van der Waals surface area contributed by atoms with Gasteiger partial charge >= 0.3 is 0 Å². The van der Waals surface area contributed by atoms with Crippen LogP contribution in [0.3, 0.4) is 0 Å². The summed E-state index contributed by atoms with van der Waals surface area (Å²) in [6.45, 7) is 3.09. The molecule has 4 amide bonds. The molecule has 2 heterocycles.